The van der Waals surface area contributed by atoms with Gasteiger partial charge in [0, 0.05) is 17.4 Å². The van der Waals surface area contributed by atoms with Crippen LogP contribution in [-0.4, -0.2) is 25.1 Å². The quantitative estimate of drug-likeness (QED) is 0.775. The minimum atomic E-state index is 0.0557. The average molecular weight is 360 g/mol. The molecule has 3 rings (SSSR count). The summed E-state index contributed by atoms with van der Waals surface area (Å²) in [5.41, 5.74) is 1.75. The lowest BCUT2D eigenvalue weighted by Gasteiger charge is -2.08. The highest BCUT2D eigenvalue weighted by Gasteiger charge is 2.17. The van der Waals surface area contributed by atoms with Crippen LogP contribution >= 0.6 is 11.3 Å². The number of anilines is 1. The summed E-state index contributed by atoms with van der Waals surface area (Å²) in [6.07, 6.45) is 6.73. The highest BCUT2D eigenvalue weighted by atomic mass is 32.1. The summed E-state index contributed by atoms with van der Waals surface area (Å²) in [6, 6.07) is 5.68. The summed E-state index contributed by atoms with van der Waals surface area (Å²) in [4.78, 5) is 16.6. The largest absolute Gasteiger partial charge is 0.493 e. The molecule has 1 amide bonds. The molecule has 1 fully saturated rings. The van der Waals surface area contributed by atoms with Crippen molar-refractivity contribution in [3.8, 4) is 22.8 Å². The molecule has 0 saturated heterocycles. The standard InChI is InChI=1S/C19H24N2O3S/c1-23-16-9-8-14(11-17(16)24-2)15-12-25-19(20-15)21-18(22)10-7-13-5-3-4-6-13/h8-9,11-13H,3-7,10H2,1-2H3,(H,20,21,22). The zero-order valence-electron chi connectivity index (χ0n) is 14.7. The summed E-state index contributed by atoms with van der Waals surface area (Å²) >= 11 is 1.44. The van der Waals surface area contributed by atoms with Crippen LogP contribution in [0.4, 0.5) is 5.13 Å². The van der Waals surface area contributed by atoms with Crippen molar-refractivity contribution in [2.24, 2.45) is 5.92 Å². The van der Waals surface area contributed by atoms with Gasteiger partial charge in [0.1, 0.15) is 0 Å². The molecule has 5 nitrogen and oxygen atoms in total. The van der Waals surface area contributed by atoms with Crippen LogP contribution in [0.15, 0.2) is 23.6 Å². The predicted molar refractivity (Wildman–Crippen MR) is 100 cm³/mol. The molecule has 6 heteroatoms. The third kappa shape index (κ3) is 4.51. The molecule has 1 N–H and O–H groups in total. The number of carbonyl (C=O) groups excluding carboxylic acids is 1. The van der Waals surface area contributed by atoms with E-state index in [2.05, 4.69) is 10.3 Å². The molecule has 1 saturated carbocycles. The van der Waals surface area contributed by atoms with E-state index in [-0.39, 0.29) is 5.91 Å². The summed E-state index contributed by atoms with van der Waals surface area (Å²) < 4.78 is 10.6. The fourth-order valence-corrected chi connectivity index (χ4v) is 4.01. The van der Waals surface area contributed by atoms with Gasteiger partial charge in [0.05, 0.1) is 19.9 Å². The van der Waals surface area contributed by atoms with Crippen LogP contribution in [0.3, 0.4) is 0 Å². The average Bonchev–Trinajstić information content (AvgIpc) is 3.31. The Morgan fingerprint density at radius 2 is 2.00 bits per heavy atom. The molecular weight excluding hydrogens is 336 g/mol. The maximum Gasteiger partial charge on any atom is 0.226 e. The Hall–Kier alpha value is -2.08. The first-order valence-electron chi connectivity index (χ1n) is 8.67. The van der Waals surface area contributed by atoms with E-state index in [4.69, 9.17) is 9.47 Å². The molecular formula is C19H24N2O3S. The van der Waals surface area contributed by atoms with Gasteiger partial charge in [-0.3, -0.25) is 4.79 Å². The van der Waals surface area contributed by atoms with Crippen molar-refractivity contribution < 1.29 is 14.3 Å². The number of hydrogen-bond acceptors (Lipinski definition) is 5. The molecule has 1 aromatic heterocycles. The Bertz CT molecular complexity index is 723. The van der Waals surface area contributed by atoms with Crippen molar-refractivity contribution in [2.75, 3.05) is 19.5 Å². The first-order chi connectivity index (χ1) is 12.2. The summed E-state index contributed by atoms with van der Waals surface area (Å²) in [5.74, 6) is 2.13. The lowest BCUT2D eigenvalue weighted by Crippen LogP contribution is -2.12. The molecule has 2 aromatic rings. The van der Waals surface area contributed by atoms with Crippen LogP contribution in [-0.2, 0) is 4.79 Å². The van der Waals surface area contributed by atoms with Crippen LogP contribution < -0.4 is 14.8 Å². The van der Waals surface area contributed by atoms with E-state index in [0.717, 1.165) is 23.6 Å². The number of hydrogen-bond donors (Lipinski definition) is 1. The van der Waals surface area contributed by atoms with Gasteiger partial charge in [0.15, 0.2) is 16.6 Å². The molecule has 0 spiro atoms. The number of nitrogens with one attached hydrogen (secondary N) is 1. The molecule has 0 radical (unpaired) electrons. The number of nitrogens with zero attached hydrogens (tertiary/aromatic N) is 1. The molecule has 0 aliphatic heterocycles. The van der Waals surface area contributed by atoms with Gasteiger partial charge in [0.25, 0.3) is 0 Å². The van der Waals surface area contributed by atoms with Crippen LogP contribution in [0.25, 0.3) is 11.3 Å². The molecule has 1 aliphatic rings. The van der Waals surface area contributed by atoms with Crippen molar-refractivity contribution >= 4 is 22.4 Å². The minimum absolute atomic E-state index is 0.0557. The summed E-state index contributed by atoms with van der Waals surface area (Å²) in [6.45, 7) is 0. The Morgan fingerprint density at radius 1 is 1.24 bits per heavy atom. The number of thiazole rings is 1. The minimum Gasteiger partial charge on any atom is -0.493 e. The molecule has 0 atom stereocenters. The normalized spacial score (nSPS) is 14.5. The van der Waals surface area contributed by atoms with Gasteiger partial charge in [0.2, 0.25) is 5.91 Å². The number of rotatable bonds is 7. The number of methoxy groups -OCH3 is 2. The maximum absolute atomic E-state index is 12.1. The number of amides is 1. The number of ether oxygens (including phenoxy) is 2. The monoisotopic (exact) mass is 360 g/mol. The molecule has 0 unspecified atom stereocenters. The van der Waals surface area contributed by atoms with E-state index < -0.39 is 0 Å². The maximum atomic E-state index is 12.1. The zero-order chi connectivity index (χ0) is 17.6. The molecule has 134 valence electrons. The van der Waals surface area contributed by atoms with Crippen molar-refractivity contribution in [1.82, 2.24) is 4.98 Å². The fourth-order valence-electron chi connectivity index (χ4n) is 3.28. The van der Waals surface area contributed by atoms with Crippen LogP contribution in [0, 0.1) is 5.92 Å². The lowest BCUT2D eigenvalue weighted by atomic mass is 10.0. The number of aromatic nitrogens is 1. The van der Waals surface area contributed by atoms with Crippen molar-refractivity contribution in [3.63, 3.8) is 0 Å². The van der Waals surface area contributed by atoms with E-state index in [9.17, 15) is 4.79 Å². The summed E-state index contributed by atoms with van der Waals surface area (Å²) in [5, 5.41) is 5.50. The van der Waals surface area contributed by atoms with E-state index in [1.807, 2.05) is 23.6 Å². The van der Waals surface area contributed by atoms with Crippen LogP contribution in [0.2, 0.25) is 0 Å². The number of benzene rings is 1. The molecule has 1 heterocycles. The second-order valence-electron chi connectivity index (χ2n) is 6.34. The fraction of sp³-hybridized carbons (Fsp3) is 0.474. The van der Waals surface area contributed by atoms with Gasteiger partial charge in [-0.1, -0.05) is 25.7 Å². The third-order valence-corrected chi connectivity index (χ3v) is 5.44. The SMILES string of the molecule is COc1ccc(-c2csc(NC(=O)CCC3CCCC3)n2)cc1OC. The Labute approximate surface area is 152 Å². The highest BCUT2D eigenvalue weighted by molar-refractivity contribution is 7.14. The third-order valence-electron chi connectivity index (χ3n) is 4.68. The highest BCUT2D eigenvalue weighted by Crippen LogP contribution is 2.33. The van der Waals surface area contributed by atoms with Crippen molar-refractivity contribution in [2.45, 2.75) is 38.5 Å². The Balaban J connectivity index is 1.60. The second-order valence-corrected chi connectivity index (χ2v) is 7.20. The van der Waals surface area contributed by atoms with Crippen molar-refractivity contribution in [1.29, 1.82) is 0 Å². The van der Waals surface area contributed by atoms with Crippen molar-refractivity contribution in [3.05, 3.63) is 23.6 Å². The smallest absolute Gasteiger partial charge is 0.226 e. The molecule has 25 heavy (non-hydrogen) atoms. The second kappa shape index (κ2) is 8.34. The van der Waals surface area contributed by atoms with Gasteiger partial charge in [-0.15, -0.1) is 11.3 Å². The predicted octanol–water partition coefficient (Wildman–Crippen LogP) is 4.74. The van der Waals surface area contributed by atoms with Gasteiger partial charge in [-0.25, -0.2) is 4.98 Å². The van der Waals surface area contributed by atoms with Gasteiger partial charge in [-0.2, -0.15) is 0 Å². The molecule has 0 bridgehead atoms. The van der Waals surface area contributed by atoms with E-state index >= 15 is 0 Å². The van der Waals surface area contributed by atoms with Gasteiger partial charge < -0.3 is 14.8 Å². The van der Waals surface area contributed by atoms with Gasteiger partial charge >= 0.3 is 0 Å². The first-order valence-corrected chi connectivity index (χ1v) is 9.55. The Kier molecular flexibility index (Phi) is 5.91. The topological polar surface area (TPSA) is 60.5 Å². The summed E-state index contributed by atoms with van der Waals surface area (Å²) in [7, 11) is 3.22. The van der Waals surface area contributed by atoms with E-state index in [1.165, 1.54) is 37.0 Å². The first kappa shape index (κ1) is 17.7. The zero-order valence-corrected chi connectivity index (χ0v) is 15.5. The van der Waals surface area contributed by atoms with Gasteiger partial charge in [-0.05, 0) is 30.5 Å². The molecule has 1 aromatic carbocycles. The van der Waals surface area contributed by atoms with E-state index in [1.54, 1.807) is 14.2 Å². The molecule has 1 aliphatic carbocycles. The van der Waals surface area contributed by atoms with Crippen LogP contribution in [0.1, 0.15) is 38.5 Å². The van der Waals surface area contributed by atoms with Crippen LogP contribution in [0.5, 0.6) is 11.5 Å². The number of carbonyl (C=O) groups is 1. The van der Waals surface area contributed by atoms with E-state index in [0.29, 0.717) is 23.1 Å². The Morgan fingerprint density at radius 3 is 2.72 bits per heavy atom. The lowest BCUT2D eigenvalue weighted by molar-refractivity contribution is -0.116.